The van der Waals surface area contributed by atoms with Crippen LogP contribution in [0.25, 0.3) is 0 Å². The van der Waals surface area contributed by atoms with Crippen molar-refractivity contribution in [1.82, 2.24) is 4.98 Å². The van der Waals surface area contributed by atoms with Crippen molar-refractivity contribution in [2.24, 2.45) is 5.73 Å². The normalized spacial score (nSPS) is 12.1. The van der Waals surface area contributed by atoms with E-state index < -0.39 is 12.0 Å². The second kappa shape index (κ2) is 3.77. The Kier molecular flexibility index (Phi) is 2.71. The van der Waals surface area contributed by atoms with Gasteiger partial charge in [0.05, 0.1) is 5.69 Å². The fourth-order valence-electron chi connectivity index (χ4n) is 0.835. The lowest BCUT2D eigenvalue weighted by Crippen LogP contribution is -2.21. The quantitative estimate of drug-likeness (QED) is 0.637. The Morgan fingerprint density at radius 3 is 2.92 bits per heavy atom. The minimum Gasteiger partial charge on any atom is -0.480 e. The molecule has 0 fully saturated rings. The Morgan fingerprint density at radius 2 is 2.38 bits per heavy atom. The predicted molar refractivity (Wildman–Crippen MR) is 44.2 cm³/mol. The maximum Gasteiger partial charge on any atom is 0.326 e. The molecule has 0 radical (unpaired) electrons. The van der Waals surface area contributed by atoms with Crippen molar-refractivity contribution in [3.05, 3.63) is 29.6 Å². The van der Waals surface area contributed by atoms with Crippen LogP contribution < -0.4 is 5.73 Å². The van der Waals surface area contributed by atoms with E-state index in [2.05, 4.69) is 4.98 Å². The van der Waals surface area contributed by atoms with Crippen molar-refractivity contribution in [3.63, 3.8) is 0 Å². The van der Waals surface area contributed by atoms with E-state index in [0.717, 1.165) is 0 Å². The molecule has 13 heavy (non-hydrogen) atoms. The first kappa shape index (κ1) is 9.34. The number of carbonyl (C=O) groups excluding carboxylic acids is 1. The third-order valence-corrected chi connectivity index (χ3v) is 1.53. The molecule has 68 valence electrons. The second-order valence-electron chi connectivity index (χ2n) is 2.45. The number of aromatic nitrogens is 1. The molecular formula is C8H8N2O3. The van der Waals surface area contributed by atoms with Gasteiger partial charge >= 0.3 is 5.97 Å². The topological polar surface area (TPSA) is 93.3 Å². The maximum atomic E-state index is 10.4. The molecule has 1 heterocycles. The van der Waals surface area contributed by atoms with Gasteiger partial charge in [-0.2, -0.15) is 0 Å². The van der Waals surface area contributed by atoms with Gasteiger partial charge in [-0.3, -0.25) is 14.6 Å². The van der Waals surface area contributed by atoms with E-state index in [-0.39, 0.29) is 5.69 Å². The van der Waals surface area contributed by atoms with Crippen LogP contribution in [0, 0.1) is 0 Å². The highest BCUT2D eigenvalue weighted by atomic mass is 16.4. The molecule has 0 aliphatic carbocycles. The van der Waals surface area contributed by atoms with Gasteiger partial charge in [-0.25, -0.2) is 0 Å². The van der Waals surface area contributed by atoms with Gasteiger partial charge in [0.1, 0.15) is 12.3 Å². The van der Waals surface area contributed by atoms with Gasteiger partial charge in [-0.05, 0) is 12.1 Å². The number of nitrogens with two attached hydrogens (primary N) is 1. The number of nitrogens with zero attached hydrogens (tertiary/aromatic N) is 1. The highest BCUT2D eigenvalue weighted by Crippen LogP contribution is 2.07. The first-order valence-electron chi connectivity index (χ1n) is 3.54. The summed E-state index contributed by atoms with van der Waals surface area (Å²) >= 11 is 0. The first-order valence-corrected chi connectivity index (χ1v) is 3.54. The number of carboxylic acids is 1. The summed E-state index contributed by atoms with van der Waals surface area (Å²) in [6.07, 6.45) is 1.96. The van der Waals surface area contributed by atoms with E-state index in [0.29, 0.717) is 11.8 Å². The molecule has 1 aromatic rings. The highest BCUT2D eigenvalue weighted by Gasteiger charge is 2.15. The molecule has 1 unspecified atom stereocenters. The highest BCUT2D eigenvalue weighted by molar-refractivity contribution is 5.77. The molecule has 1 rings (SSSR count). The molecule has 0 aliphatic heterocycles. The number of hydrogen-bond acceptors (Lipinski definition) is 4. The third kappa shape index (κ3) is 2.09. The number of carboxylic acid groups (broad SMARTS) is 1. The summed E-state index contributed by atoms with van der Waals surface area (Å²) in [6.45, 7) is 0. The van der Waals surface area contributed by atoms with Gasteiger partial charge in [0.25, 0.3) is 0 Å². The van der Waals surface area contributed by atoms with E-state index in [1.807, 2.05) is 0 Å². The predicted octanol–water partition coefficient (Wildman–Crippen LogP) is -0.0215. The first-order chi connectivity index (χ1) is 6.15. The number of hydrogen-bond donors (Lipinski definition) is 2. The molecule has 0 amide bonds. The van der Waals surface area contributed by atoms with E-state index in [9.17, 15) is 9.59 Å². The van der Waals surface area contributed by atoms with Crippen molar-refractivity contribution < 1.29 is 14.7 Å². The molecule has 0 bridgehead atoms. The molecule has 0 saturated heterocycles. The van der Waals surface area contributed by atoms with Gasteiger partial charge in [0.2, 0.25) is 0 Å². The number of aliphatic carboxylic acids is 1. The fourth-order valence-corrected chi connectivity index (χ4v) is 0.835. The van der Waals surface area contributed by atoms with Crippen LogP contribution in [0.1, 0.15) is 22.1 Å². The van der Waals surface area contributed by atoms with Crippen molar-refractivity contribution in [1.29, 1.82) is 0 Å². The fraction of sp³-hybridized carbons (Fsp3) is 0.125. The average Bonchev–Trinajstić information content (AvgIpc) is 2.16. The Labute approximate surface area is 74.2 Å². The third-order valence-electron chi connectivity index (χ3n) is 1.53. The summed E-state index contributed by atoms with van der Waals surface area (Å²) in [4.78, 5) is 24.5. The van der Waals surface area contributed by atoms with Crippen LogP contribution >= 0.6 is 0 Å². The zero-order chi connectivity index (χ0) is 9.84. The van der Waals surface area contributed by atoms with Crippen LogP contribution in [0.2, 0.25) is 0 Å². The summed E-state index contributed by atoms with van der Waals surface area (Å²) in [5.41, 5.74) is 5.82. The van der Waals surface area contributed by atoms with Crippen molar-refractivity contribution in [3.8, 4) is 0 Å². The van der Waals surface area contributed by atoms with Crippen LogP contribution in [0.4, 0.5) is 0 Å². The summed E-state index contributed by atoms with van der Waals surface area (Å²) in [5, 5.41) is 8.55. The minimum absolute atomic E-state index is 0.178. The summed E-state index contributed by atoms with van der Waals surface area (Å²) < 4.78 is 0. The monoisotopic (exact) mass is 180 g/mol. The van der Waals surface area contributed by atoms with E-state index in [4.69, 9.17) is 10.8 Å². The molecule has 0 aliphatic rings. The van der Waals surface area contributed by atoms with Gasteiger partial charge in [0, 0.05) is 11.8 Å². The summed E-state index contributed by atoms with van der Waals surface area (Å²) in [6, 6.07) is 1.65. The second-order valence-corrected chi connectivity index (χ2v) is 2.45. The van der Waals surface area contributed by atoms with Crippen LogP contribution in [0.3, 0.4) is 0 Å². The molecule has 0 spiro atoms. The van der Waals surface area contributed by atoms with Crippen LogP contribution in [0.15, 0.2) is 18.3 Å². The number of aldehydes is 1. The van der Waals surface area contributed by atoms with Crippen LogP contribution in [-0.2, 0) is 4.79 Å². The number of rotatable bonds is 3. The van der Waals surface area contributed by atoms with Gasteiger partial charge in [0.15, 0.2) is 0 Å². The zero-order valence-electron chi connectivity index (χ0n) is 6.68. The largest absolute Gasteiger partial charge is 0.480 e. The van der Waals surface area contributed by atoms with Crippen molar-refractivity contribution >= 4 is 12.3 Å². The van der Waals surface area contributed by atoms with Crippen molar-refractivity contribution in [2.75, 3.05) is 0 Å². The molecule has 1 atom stereocenters. The van der Waals surface area contributed by atoms with Crippen molar-refractivity contribution in [2.45, 2.75) is 6.04 Å². The summed E-state index contributed by atoms with van der Waals surface area (Å²) in [7, 11) is 0. The molecule has 3 N–H and O–H groups in total. The average molecular weight is 180 g/mol. The lowest BCUT2D eigenvalue weighted by Gasteiger charge is -2.04. The van der Waals surface area contributed by atoms with Gasteiger partial charge in [-0.1, -0.05) is 0 Å². The SMILES string of the molecule is NC(C(=O)O)c1cc(C=O)ccn1. The molecule has 5 nitrogen and oxygen atoms in total. The van der Waals surface area contributed by atoms with Gasteiger partial charge in [-0.15, -0.1) is 0 Å². The Hall–Kier alpha value is -1.75. The van der Waals surface area contributed by atoms with E-state index in [1.165, 1.54) is 18.3 Å². The Bertz CT molecular complexity index is 338. The smallest absolute Gasteiger partial charge is 0.326 e. The van der Waals surface area contributed by atoms with Crippen LogP contribution in [-0.4, -0.2) is 22.3 Å². The van der Waals surface area contributed by atoms with Crippen LogP contribution in [0.5, 0.6) is 0 Å². The zero-order valence-corrected chi connectivity index (χ0v) is 6.68. The maximum absolute atomic E-state index is 10.4. The Morgan fingerprint density at radius 1 is 1.69 bits per heavy atom. The lowest BCUT2D eigenvalue weighted by atomic mass is 10.1. The standard InChI is InChI=1S/C8H8N2O3/c9-7(8(12)13)6-3-5(4-11)1-2-10-6/h1-4,7H,9H2,(H,12,13). The minimum atomic E-state index is -1.18. The molecule has 1 aromatic heterocycles. The lowest BCUT2D eigenvalue weighted by molar-refractivity contribution is -0.138. The van der Waals surface area contributed by atoms with E-state index in [1.54, 1.807) is 0 Å². The Balaban J connectivity index is 3.01. The molecular weight excluding hydrogens is 172 g/mol. The van der Waals surface area contributed by atoms with E-state index >= 15 is 0 Å². The molecule has 0 aromatic carbocycles. The van der Waals surface area contributed by atoms with Gasteiger partial charge < -0.3 is 10.8 Å². The number of carbonyl (C=O) groups is 2. The molecule has 0 saturated carbocycles. The summed E-state index contributed by atoms with van der Waals surface area (Å²) in [5.74, 6) is -1.17. The molecule has 5 heteroatoms. The number of pyridine rings is 1.